The predicted molar refractivity (Wildman–Crippen MR) is 71.9 cm³/mol. The van der Waals surface area contributed by atoms with Crippen molar-refractivity contribution in [3.05, 3.63) is 29.8 Å². The number of benzene rings is 1. The van der Waals surface area contributed by atoms with Crippen molar-refractivity contribution >= 4 is 17.5 Å². The molecule has 19 heavy (non-hydrogen) atoms. The summed E-state index contributed by atoms with van der Waals surface area (Å²) in [5, 5.41) is 14.3. The zero-order valence-corrected chi connectivity index (χ0v) is 10.7. The Morgan fingerprint density at radius 2 is 2.11 bits per heavy atom. The molecule has 2 rings (SSSR count). The van der Waals surface area contributed by atoms with Gasteiger partial charge < -0.3 is 15.7 Å². The molecule has 1 aliphatic carbocycles. The number of aliphatic hydroxyl groups excluding tert-OH is 1. The highest BCUT2D eigenvalue weighted by Gasteiger charge is 2.23. The Morgan fingerprint density at radius 3 is 2.79 bits per heavy atom. The van der Waals surface area contributed by atoms with Gasteiger partial charge in [-0.1, -0.05) is 6.07 Å². The maximum Gasteiger partial charge on any atom is 0.251 e. The van der Waals surface area contributed by atoms with Crippen molar-refractivity contribution in [2.24, 2.45) is 0 Å². The third-order valence-electron chi connectivity index (χ3n) is 2.88. The summed E-state index contributed by atoms with van der Waals surface area (Å²) in [4.78, 5) is 23.4. The summed E-state index contributed by atoms with van der Waals surface area (Å²) in [6.07, 6.45) is 2.80. The number of anilines is 1. The topological polar surface area (TPSA) is 78.4 Å². The molecular formula is C14H18N2O3. The second kappa shape index (κ2) is 6.33. The van der Waals surface area contributed by atoms with Gasteiger partial charge in [0.15, 0.2) is 0 Å². The fraction of sp³-hybridized carbons (Fsp3) is 0.429. The van der Waals surface area contributed by atoms with Crippen molar-refractivity contribution in [2.45, 2.75) is 31.7 Å². The lowest BCUT2D eigenvalue weighted by molar-refractivity contribution is -0.116. The van der Waals surface area contributed by atoms with Crippen LogP contribution in [0.5, 0.6) is 0 Å². The Bertz CT molecular complexity index is 470. The van der Waals surface area contributed by atoms with Gasteiger partial charge in [0.2, 0.25) is 5.91 Å². The number of hydrogen-bond donors (Lipinski definition) is 3. The van der Waals surface area contributed by atoms with Crippen LogP contribution in [0.25, 0.3) is 0 Å². The first-order chi connectivity index (χ1) is 9.19. The first kappa shape index (κ1) is 13.5. The molecule has 0 aromatic heterocycles. The maximum atomic E-state index is 11.8. The minimum absolute atomic E-state index is 0.00272. The molecule has 1 aromatic rings. The van der Waals surface area contributed by atoms with Gasteiger partial charge in [-0.15, -0.1) is 0 Å². The first-order valence-electron chi connectivity index (χ1n) is 6.50. The van der Waals surface area contributed by atoms with E-state index in [0.717, 1.165) is 12.8 Å². The van der Waals surface area contributed by atoms with Crippen LogP contribution < -0.4 is 10.6 Å². The molecule has 0 spiro atoms. The van der Waals surface area contributed by atoms with Gasteiger partial charge in [-0.05, 0) is 37.5 Å². The number of amides is 2. The van der Waals surface area contributed by atoms with Gasteiger partial charge in [0.25, 0.3) is 5.91 Å². The standard InChI is InChI=1S/C14H18N2O3/c17-8-2-5-13(18)15-12-4-1-3-10(9-12)14(19)16-11-6-7-11/h1,3-4,9,11,17H,2,5-8H2,(H,15,18)(H,16,19). The molecule has 3 N–H and O–H groups in total. The third kappa shape index (κ3) is 4.37. The van der Waals surface area contributed by atoms with Crippen LogP contribution in [0.2, 0.25) is 0 Å². The highest BCUT2D eigenvalue weighted by atomic mass is 16.3. The van der Waals surface area contributed by atoms with Crippen LogP contribution in [-0.4, -0.2) is 29.6 Å². The largest absolute Gasteiger partial charge is 0.396 e. The predicted octanol–water partition coefficient (Wildman–Crippen LogP) is 1.29. The van der Waals surface area contributed by atoms with Crippen molar-refractivity contribution in [1.29, 1.82) is 0 Å². The van der Waals surface area contributed by atoms with Crippen LogP contribution in [0.3, 0.4) is 0 Å². The Morgan fingerprint density at radius 1 is 1.32 bits per heavy atom. The van der Waals surface area contributed by atoms with Crippen LogP contribution in [-0.2, 0) is 4.79 Å². The van der Waals surface area contributed by atoms with E-state index in [4.69, 9.17) is 5.11 Å². The fourth-order valence-electron chi connectivity index (χ4n) is 1.70. The van der Waals surface area contributed by atoms with Crippen LogP contribution >= 0.6 is 0 Å². The van der Waals surface area contributed by atoms with Gasteiger partial charge in [-0.25, -0.2) is 0 Å². The van der Waals surface area contributed by atoms with Crippen molar-refractivity contribution < 1.29 is 14.7 Å². The van der Waals surface area contributed by atoms with E-state index >= 15 is 0 Å². The summed E-state index contributed by atoms with van der Waals surface area (Å²) in [5.74, 6) is -0.261. The number of hydrogen-bond acceptors (Lipinski definition) is 3. The highest BCUT2D eigenvalue weighted by molar-refractivity contribution is 5.97. The lowest BCUT2D eigenvalue weighted by Gasteiger charge is -2.07. The van der Waals surface area contributed by atoms with E-state index < -0.39 is 0 Å². The zero-order chi connectivity index (χ0) is 13.7. The lowest BCUT2D eigenvalue weighted by Crippen LogP contribution is -2.25. The summed E-state index contributed by atoms with van der Waals surface area (Å²) in [7, 11) is 0. The van der Waals surface area contributed by atoms with E-state index in [0.29, 0.717) is 23.7 Å². The molecule has 0 radical (unpaired) electrons. The number of aliphatic hydroxyl groups is 1. The summed E-state index contributed by atoms with van der Waals surface area (Å²) in [6.45, 7) is -0.00272. The minimum Gasteiger partial charge on any atom is -0.396 e. The van der Waals surface area contributed by atoms with Crippen LogP contribution in [0.4, 0.5) is 5.69 Å². The monoisotopic (exact) mass is 262 g/mol. The first-order valence-corrected chi connectivity index (χ1v) is 6.50. The van der Waals surface area contributed by atoms with Crippen LogP contribution in [0, 0.1) is 0 Å². The molecule has 0 atom stereocenters. The normalized spacial score (nSPS) is 13.9. The Labute approximate surface area is 112 Å². The zero-order valence-electron chi connectivity index (χ0n) is 10.7. The Kier molecular flexibility index (Phi) is 4.52. The van der Waals surface area contributed by atoms with E-state index in [1.165, 1.54) is 0 Å². The van der Waals surface area contributed by atoms with E-state index in [1.54, 1.807) is 24.3 Å². The minimum atomic E-state index is -0.159. The van der Waals surface area contributed by atoms with Gasteiger partial charge in [0.05, 0.1) is 0 Å². The SMILES string of the molecule is O=C(CCCO)Nc1cccc(C(=O)NC2CC2)c1. The number of nitrogens with one attached hydrogen (secondary N) is 2. The molecule has 0 heterocycles. The van der Waals surface area contributed by atoms with Gasteiger partial charge in [-0.3, -0.25) is 9.59 Å². The van der Waals surface area contributed by atoms with Gasteiger partial charge in [0.1, 0.15) is 0 Å². The molecule has 1 saturated carbocycles. The van der Waals surface area contributed by atoms with Crippen molar-refractivity contribution in [3.63, 3.8) is 0 Å². The second-order valence-electron chi connectivity index (χ2n) is 4.70. The third-order valence-corrected chi connectivity index (χ3v) is 2.88. The van der Waals surface area contributed by atoms with E-state index in [-0.39, 0.29) is 24.8 Å². The molecule has 5 heteroatoms. The molecule has 0 saturated heterocycles. The Balaban J connectivity index is 1.93. The molecule has 0 unspecified atom stereocenters. The molecule has 1 aromatic carbocycles. The molecular weight excluding hydrogens is 244 g/mol. The number of carbonyl (C=O) groups is 2. The second-order valence-corrected chi connectivity index (χ2v) is 4.70. The molecule has 2 amide bonds. The average Bonchev–Trinajstić information content (AvgIpc) is 3.20. The van der Waals surface area contributed by atoms with E-state index in [1.807, 2.05) is 0 Å². The van der Waals surface area contributed by atoms with E-state index in [2.05, 4.69) is 10.6 Å². The molecule has 102 valence electrons. The fourth-order valence-corrected chi connectivity index (χ4v) is 1.70. The summed E-state index contributed by atoms with van der Waals surface area (Å²) in [6, 6.07) is 7.18. The highest BCUT2D eigenvalue weighted by Crippen LogP contribution is 2.20. The van der Waals surface area contributed by atoms with E-state index in [9.17, 15) is 9.59 Å². The van der Waals surface area contributed by atoms with Gasteiger partial charge in [0, 0.05) is 30.3 Å². The summed E-state index contributed by atoms with van der Waals surface area (Å²) < 4.78 is 0. The number of rotatable bonds is 6. The van der Waals surface area contributed by atoms with Crippen molar-refractivity contribution in [3.8, 4) is 0 Å². The quantitative estimate of drug-likeness (QED) is 0.723. The number of carbonyl (C=O) groups excluding carboxylic acids is 2. The molecule has 0 aliphatic heterocycles. The van der Waals surface area contributed by atoms with Crippen LogP contribution in [0.1, 0.15) is 36.0 Å². The maximum absolute atomic E-state index is 11.8. The van der Waals surface area contributed by atoms with Crippen molar-refractivity contribution in [2.75, 3.05) is 11.9 Å². The molecule has 1 fully saturated rings. The van der Waals surface area contributed by atoms with Crippen molar-refractivity contribution in [1.82, 2.24) is 5.32 Å². The lowest BCUT2D eigenvalue weighted by atomic mass is 10.2. The molecule has 5 nitrogen and oxygen atoms in total. The van der Waals surface area contributed by atoms with Crippen LogP contribution in [0.15, 0.2) is 24.3 Å². The van der Waals surface area contributed by atoms with Gasteiger partial charge >= 0.3 is 0 Å². The summed E-state index contributed by atoms with van der Waals surface area (Å²) >= 11 is 0. The molecule has 0 bridgehead atoms. The molecule has 1 aliphatic rings. The summed E-state index contributed by atoms with van der Waals surface area (Å²) in [5.41, 5.74) is 1.15. The average molecular weight is 262 g/mol. The Hall–Kier alpha value is -1.88. The van der Waals surface area contributed by atoms with Gasteiger partial charge in [-0.2, -0.15) is 0 Å². The smallest absolute Gasteiger partial charge is 0.251 e.